The summed E-state index contributed by atoms with van der Waals surface area (Å²) in [5, 5.41) is 5.93. The monoisotopic (exact) mass is 434 g/mol. The maximum absolute atomic E-state index is 12.0. The summed E-state index contributed by atoms with van der Waals surface area (Å²) in [4.78, 5) is 23.2. The molecule has 0 atom stereocenters. The Hall–Kier alpha value is -2.76. The summed E-state index contributed by atoms with van der Waals surface area (Å²) in [5.74, 6) is 0.931. The lowest BCUT2D eigenvalue weighted by Gasteiger charge is -2.27. The first-order valence-corrected chi connectivity index (χ1v) is 11.3. The summed E-state index contributed by atoms with van der Waals surface area (Å²) in [7, 11) is -2.05. The van der Waals surface area contributed by atoms with Gasteiger partial charge >= 0.3 is 0 Å². The number of amides is 1. The third kappa shape index (κ3) is 6.12. The van der Waals surface area contributed by atoms with Crippen LogP contribution in [0.1, 0.15) is 5.69 Å². The first-order valence-electron chi connectivity index (χ1n) is 9.47. The van der Waals surface area contributed by atoms with E-state index >= 15 is 0 Å². The highest BCUT2D eigenvalue weighted by atomic mass is 32.2. The van der Waals surface area contributed by atoms with Crippen LogP contribution in [-0.4, -0.2) is 74.7 Å². The third-order valence-corrected chi connectivity index (χ3v) is 5.77. The molecule has 0 bridgehead atoms. The number of morpholine rings is 1. The van der Waals surface area contributed by atoms with Crippen molar-refractivity contribution in [2.24, 2.45) is 0 Å². The van der Waals surface area contributed by atoms with E-state index in [1.807, 2.05) is 25.1 Å². The molecule has 2 aromatic rings. The fourth-order valence-corrected chi connectivity index (χ4v) is 3.18. The first-order chi connectivity index (χ1) is 14.2. The van der Waals surface area contributed by atoms with Gasteiger partial charge in [0.25, 0.3) is 0 Å². The highest BCUT2D eigenvalue weighted by Crippen LogP contribution is 2.21. The van der Waals surface area contributed by atoms with Gasteiger partial charge in [0.05, 0.1) is 26.0 Å². The number of carbonyl (C=O) groups excluding carboxylic acids is 1. The molecule has 0 radical (unpaired) electrons. The lowest BCUT2D eigenvalue weighted by Crippen LogP contribution is -2.37. The number of benzene rings is 1. The predicted octanol–water partition coefficient (Wildman–Crippen LogP) is 1.20. The quantitative estimate of drug-likeness (QED) is 0.668. The largest absolute Gasteiger partial charge is 0.378 e. The van der Waals surface area contributed by atoms with Crippen LogP contribution < -0.4 is 15.5 Å². The Morgan fingerprint density at radius 1 is 1.17 bits per heavy atom. The molecule has 3 rings (SSSR count). The molecule has 0 aliphatic carbocycles. The maximum atomic E-state index is 12.0. The number of nitrogens with zero attached hydrogens (tertiary/aromatic N) is 4. The van der Waals surface area contributed by atoms with Crippen LogP contribution in [0.25, 0.3) is 0 Å². The highest BCUT2D eigenvalue weighted by molar-refractivity contribution is 7.88. The molecule has 1 saturated heterocycles. The van der Waals surface area contributed by atoms with Crippen LogP contribution in [0.5, 0.6) is 0 Å². The molecule has 1 aromatic carbocycles. The number of aryl methyl sites for hydroxylation is 1. The molecule has 1 aliphatic heterocycles. The fourth-order valence-electron chi connectivity index (χ4n) is 2.83. The van der Waals surface area contributed by atoms with Crippen molar-refractivity contribution in [1.29, 1.82) is 0 Å². The van der Waals surface area contributed by atoms with Crippen molar-refractivity contribution in [2.45, 2.75) is 6.92 Å². The van der Waals surface area contributed by atoms with Crippen LogP contribution in [0.2, 0.25) is 0 Å². The Morgan fingerprint density at radius 3 is 2.43 bits per heavy atom. The molecule has 1 amide bonds. The Kier molecular flexibility index (Phi) is 6.85. The van der Waals surface area contributed by atoms with Gasteiger partial charge in [0.15, 0.2) is 0 Å². The van der Waals surface area contributed by atoms with Crippen LogP contribution in [0.4, 0.5) is 23.1 Å². The first kappa shape index (κ1) is 21.9. The molecule has 1 fully saturated rings. The summed E-state index contributed by atoms with van der Waals surface area (Å²) in [6.07, 6.45) is 1.06. The number of hydrogen-bond acceptors (Lipinski definition) is 8. The van der Waals surface area contributed by atoms with Crippen molar-refractivity contribution >= 4 is 39.1 Å². The van der Waals surface area contributed by atoms with E-state index in [9.17, 15) is 13.2 Å². The molecular weight excluding hydrogens is 408 g/mol. The molecule has 0 saturated carbocycles. The van der Waals surface area contributed by atoms with Gasteiger partial charge in [-0.05, 0) is 31.2 Å². The van der Waals surface area contributed by atoms with Gasteiger partial charge in [-0.25, -0.2) is 13.4 Å². The predicted molar refractivity (Wildman–Crippen MR) is 116 cm³/mol. The van der Waals surface area contributed by atoms with Crippen molar-refractivity contribution in [1.82, 2.24) is 14.3 Å². The van der Waals surface area contributed by atoms with Crippen molar-refractivity contribution in [3.8, 4) is 0 Å². The molecule has 1 aromatic heterocycles. The SMILES string of the molecule is Cc1cc(Nc2ccc(NC(=O)CN(C)S(C)(=O)=O)cc2)nc(N2CCOCC2)n1. The number of ether oxygens (including phenoxy) is 1. The minimum atomic E-state index is -3.41. The third-order valence-electron chi connectivity index (χ3n) is 4.51. The Labute approximate surface area is 176 Å². The normalized spacial score (nSPS) is 14.6. The lowest BCUT2D eigenvalue weighted by atomic mass is 10.2. The minimum absolute atomic E-state index is 0.247. The Balaban J connectivity index is 1.63. The van der Waals surface area contributed by atoms with Gasteiger partial charge in [-0.2, -0.15) is 9.29 Å². The van der Waals surface area contributed by atoms with Crippen molar-refractivity contribution in [2.75, 3.05) is 61.7 Å². The number of carbonyl (C=O) groups is 1. The molecule has 11 heteroatoms. The molecule has 2 N–H and O–H groups in total. The smallest absolute Gasteiger partial charge is 0.239 e. The van der Waals surface area contributed by atoms with Gasteiger partial charge in [-0.3, -0.25) is 4.79 Å². The van der Waals surface area contributed by atoms with Crippen LogP contribution in [0.15, 0.2) is 30.3 Å². The Morgan fingerprint density at radius 2 is 1.80 bits per heavy atom. The molecule has 0 unspecified atom stereocenters. The summed E-state index contributed by atoms with van der Waals surface area (Å²) in [5.41, 5.74) is 2.22. The molecule has 10 nitrogen and oxygen atoms in total. The van der Waals surface area contributed by atoms with Crippen molar-refractivity contribution < 1.29 is 17.9 Å². The average molecular weight is 435 g/mol. The Bertz CT molecular complexity index is 991. The van der Waals surface area contributed by atoms with E-state index in [1.54, 1.807) is 12.1 Å². The summed E-state index contributed by atoms with van der Waals surface area (Å²) in [6.45, 7) is 4.50. The molecule has 2 heterocycles. The molecular formula is C19H26N6O4S. The standard InChI is InChI=1S/C19H26N6O4S/c1-14-12-17(23-19(20-14)25-8-10-29-11-9-25)21-15-4-6-16(7-5-15)22-18(26)13-24(2)30(3,27)28/h4-7,12H,8-11,13H2,1-3H3,(H,22,26)(H,20,21,23). The van der Waals surface area contributed by atoms with Crippen LogP contribution in [0, 0.1) is 6.92 Å². The average Bonchev–Trinajstić information content (AvgIpc) is 2.69. The van der Waals surface area contributed by atoms with Gasteiger partial charge in [0, 0.05) is 43.3 Å². The lowest BCUT2D eigenvalue weighted by molar-refractivity contribution is -0.116. The number of rotatable bonds is 7. The van der Waals surface area contributed by atoms with E-state index in [0.29, 0.717) is 30.7 Å². The van der Waals surface area contributed by atoms with Gasteiger partial charge in [-0.1, -0.05) is 0 Å². The number of aromatic nitrogens is 2. The zero-order valence-corrected chi connectivity index (χ0v) is 18.1. The summed E-state index contributed by atoms with van der Waals surface area (Å²) >= 11 is 0. The number of likely N-dealkylation sites (N-methyl/N-ethyl adjacent to an activating group) is 1. The van der Waals surface area contributed by atoms with E-state index in [0.717, 1.165) is 35.0 Å². The van der Waals surface area contributed by atoms with Crippen molar-refractivity contribution in [3.05, 3.63) is 36.0 Å². The van der Waals surface area contributed by atoms with Crippen LogP contribution in [0.3, 0.4) is 0 Å². The zero-order chi connectivity index (χ0) is 21.7. The number of anilines is 4. The topological polar surface area (TPSA) is 117 Å². The zero-order valence-electron chi connectivity index (χ0n) is 17.3. The second-order valence-corrected chi connectivity index (χ2v) is 9.15. The highest BCUT2D eigenvalue weighted by Gasteiger charge is 2.16. The van der Waals surface area contributed by atoms with Crippen molar-refractivity contribution in [3.63, 3.8) is 0 Å². The second-order valence-electron chi connectivity index (χ2n) is 7.06. The summed E-state index contributed by atoms with van der Waals surface area (Å²) < 4.78 is 29.2. The van der Waals surface area contributed by atoms with E-state index in [-0.39, 0.29) is 6.54 Å². The molecule has 0 spiro atoms. The van der Waals surface area contributed by atoms with E-state index < -0.39 is 15.9 Å². The van der Waals surface area contributed by atoms with Crippen LogP contribution >= 0.6 is 0 Å². The number of sulfonamides is 1. The van der Waals surface area contributed by atoms with Gasteiger partial charge < -0.3 is 20.3 Å². The van der Waals surface area contributed by atoms with E-state index in [4.69, 9.17) is 4.74 Å². The second kappa shape index (κ2) is 9.37. The van der Waals surface area contributed by atoms with Gasteiger partial charge in [-0.15, -0.1) is 0 Å². The van der Waals surface area contributed by atoms with E-state index in [1.165, 1.54) is 7.05 Å². The van der Waals surface area contributed by atoms with Crippen LogP contribution in [-0.2, 0) is 19.6 Å². The molecule has 162 valence electrons. The number of nitrogens with one attached hydrogen (secondary N) is 2. The van der Waals surface area contributed by atoms with Gasteiger partial charge in [0.1, 0.15) is 5.82 Å². The molecule has 1 aliphatic rings. The van der Waals surface area contributed by atoms with E-state index in [2.05, 4.69) is 25.5 Å². The maximum Gasteiger partial charge on any atom is 0.239 e. The van der Waals surface area contributed by atoms with Gasteiger partial charge in [0.2, 0.25) is 21.9 Å². The fraction of sp³-hybridized carbons (Fsp3) is 0.421. The summed E-state index contributed by atoms with van der Waals surface area (Å²) in [6, 6.07) is 8.94. The number of hydrogen-bond donors (Lipinski definition) is 2. The molecule has 30 heavy (non-hydrogen) atoms. The minimum Gasteiger partial charge on any atom is -0.378 e.